The van der Waals surface area contributed by atoms with Crippen LogP contribution in [0.4, 0.5) is 0 Å². The zero-order chi connectivity index (χ0) is 8.55. The maximum absolute atomic E-state index is 9.40. The number of ether oxygens (including phenoxy) is 1. The second-order valence-electron chi connectivity index (χ2n) is 2.42. The van der Waals surface area contributed by atoms with Gasteiger partial charge in [0.2, 0.25) is 11.8 Å². The number of aromatic nitrogens is 2. The molecule has 0 spiro atoms. The molecule has 0 atom stereocenters. The third kappa shape index (κ3) is 1.10. The van der Waals surface area contributed by atoms with Gasteiger partial charge in [0.1, 0.15) is 0 Å². The van der Waals surface area contributed by atoms with Crippen LogP contribution in [0.3, 0.4) is 0 Å². The van der Waals surface area contributed by atoms with Crippen LogP contribution in [0.15, 0.2) is 5.16 Å². The Labute approximate surface area is 74.0 Å². The van der Waals surface area contributed by atoms with Crippen molar-refractivity contribution in [1.82, 2.24) is 9.97 Å². The average Bonchev–Trinajstić information content (AvgIpc) is 2.52. The molecule has 0 amide bonds. The quantitative estimate of drug-likeness (QED) is 0.517. The molecule has 1 aliphatic heterocycles. The Hall–Kier alpha value is -0.970. The fourth-order valence-electron chi connectivity index (χ4n) is 1.11. The van der Waals surface area contributed by atoms with Crippen LogP contribution in [-0.2, 0) is 6.42 Å². The molecule has 64 valence electrons. The van der Waals surface area contributed by atoms with Gasteiger partial charge in [0.15, 0.2) is 5.16 Å². The maximum atomic E-state index is 9.40. The Balaban J connectivity index is 2.51. The van der Waals surface area contributed by atoms with Crippen LogP contribution in [-0.4, -0.2) is 27.9 Å². The summed E-state index contributed by atoms with van der Waals surface area (Å²) < 4.78 is 5.20. The van der Waals surface area contributed by atoms with Gasteiger partial charge in [-0.15, -0.1) is 0 Å². The molecular weight excluding hydrogens is 176 g/mol. The molecule has 1 N–H and O–H groups in total. The fourth-order valence-corrected chi connectivity index (χ4v) is 1.46. The van der Waals surface area contributed by atoms with Crippen LogP contribution >= 0.6 is 11.8 Å². The highest BCUT2D eigenvalue weighted by molar-refractivity contribution is 7.98. The van der Waals surface area contributed by atoms with Gasteiger partial charge in [-0.1, -0.05) is 11.8 Å². The molecule has 1 aliphatic rings. The number of hydrogen-bond acceptors (Lipinski definition) is 5. The molecule has 0 bridgehead atoms. The second kappa shape index (κ2) is 2.82. The van der Waals surface area contributed by atoms with E-state index in [1.54, 1.807) is 0 Å². The van der Waals surface area contributed by atoms with E-state index in [4.69, 9.17) is 4.74 Å². The minimum Gasteiger partial charge on any atom is -0.493 e. The van der Waals surface area contributed by atoms with Crippen LogP contribution in [0.1, 0.15) is 5.56 Å². The highest BCUT2D eigenvalue weighted by Crippen LogP contribution is 2.30. The molecule has 2 rings (SSSR count). The zero-order valence-electron chi connectivity index (χ0n) is 6.57. The van der Waals surface area contributed by atoms with Crippen LogP contribution in [0.5, 0.6) is 11.8 Å². The van der Waals surface area contributed by atoms with Gasteiger partial charge in [0.05, 0.1) is 12.2 Å². The van der Waals surface area contributed by atoms with E-state index in [-0.39, 0.29) is 5.88 Å². The largest absolute Gasteiger partial charge is 0.493 e. The Morgan fingerprint density at radius 1 is 1.50 bits per heavy atom. The Morgan fingerprint density at radius 2 is 2.33 bits per heavy atom. The molecule has 12 heavy (non-hydrogen) atoms. The zero-order valence-corrected chi connectivity index (χ0v) is 7.39. The Kier molecular flexibility index (Phi) is 1.80. The Bertz CT molecular complexity index is 317. The highest BCUT2D eigenvalue weighted by atomic mass is 32.2. The summed E-state index contributed by atoms with van der Waals surface area (Å²) in [6.45, 7) is 0.593. The first-order chi connectivity index (χ1) is 5.81. The van der Waals surface area contributed by atoms with Gasteiger partial charge in [-0.05, 0) is 6.26 Å². The van der Waals surface area contributed by atoms with Crippen LogP contribution in [0.25, 0.3) is 0 Å². The van der Waals surface area contributed by atoms with Crippen LogP contribution < -0.4 is 4.74 Å². The number of thioether (sulfide) groups is 1. The lowest BCUT2D eigenvalue weighted by Crippen LogP contribution is -1.91. The molecule has 0 aromatic carbocycles. The Morgan fingerprint density at radius 3 is 3.08 bits per heavy atom. The number of hydrogen-bond donors (Lipinski definition) is 1. The molecule has 5 heteroatoms. The summed E-state index contributed by atoms with van der Waals surface area (Å²) in [5.74, 6) is 0.591. The van der Waals surface area contributed by atoms with Crippen molar-refractivity contribution in [2.45, 2.75) is 11.6 Å². The van der Waals surface area contributed by atoms with E-state index in [1.807, 2.05) is 6.26 Å². The van der Waals surface area contributed by atoms with Gasteiger partial charge in [-0.25, -0.2) is 0 Å². The third-order valence-electron chi connectivity index (χ3n) is 1.70. The standard InChI is InChI=1S/C7H8N2O2S/c1-12-7-8-5(10)4-2-3-11-6(4)9-7/h2-3H2,1H3,(H,8,9,10). The molecule has 1 aromatic rings. The van der Waals surface area contributed by atoms with Crippen molar-refractivity contribution in [3.63, 3.8) is 0 Å². The van der Waals surface area contributed by atoms with E-state index < -0.39 is 0 Å². The first-order valence-corrected chi connectivity index (χ1v) is 4.80. The van der Waals surface area contributed by atoms with Crippen molar-refractivity contribution in [2.24, 2.45) is 0 Å². The summed E-state index contributed by atoms with van der Waals surface area (Å²) in [6.07, 6.45) is 2.56. The van der Waals surface area contributed by atoms with Crippen molar-refractivity contribution in [1.29, 1.82) is 0 Å². The smallest absolute Gasteiger partial charge is 0.224 e. The summed E-state index contributed by atoms with van der Waals surface area (Å²) >= 11 is 1.39. The van der Waals surface area contributed by atoms with E-state index in [9.17, 15) is 5.11 Å². The second-order valence-corrected chi connectivity index (χ2v) is 3.19. The van der Waals surface area contributed by atoms with Crippen LogP contribution in [0, 0.1) is 0 Å². The fraction of sp³-hybridized carbons (Fsp3) is 0.429. The normalized spacial score (nSPS) is 14.1. The number of aromatic hydroxyl groups is 1. The van der Waals surface area contributed by atoms with E-state index in [0.29, 0.717) is 24.1 Å². The van der Waals surface area contributed by atoms with Crippen molar-refractivity contribution in [3.05, 3.63) is 5.56 Å². The molecule has 0 aliphatic carbocycles. The molecule has 0 saturated heterocycles. The molecule has 0 fully saturated rings. The monoisotopic (exact) mass is 184 g/mol. The van der Waals surface area contributed by atoms with E-state index in [1.165, 1.54) is 11.8 Å². The van der Waals surface area contributed by atoms with E-state index >= 15 is 0 Å². The minimum absolute atomic E-state index is 0.0573. The SMILES string of the molecule is CSc1nc(O)c2c(n1)OCC2. The lowest BCUT2D eigenvalue weighted by molar-refractivity contribution is 0.341. The lowest BCUT2D eigenvalue weighted by atomic mass is 10.3. The predicted molar refractivity (Wildman–Crippen MR) is 44.7 cm³/mol. The number of fused-ring (bicyclic) bond motifs is 1. The minimum atomic E-state index is 0.0573. The van der Waals surface area contributed by atoms with Crippen molar-refractivity contribution in [2.75, 3.05) is 12.9 Å². The summed E-state index contributed by atoms with van der Waals surface area (Å²) in [6, 6.07) is 0. The molecule has 0 saturated carbocycles. The molecule has 4 nitrogen and oxygen atoms in total. The van der Waals surface area contributed by atoms with E-state index in [2.05, 4.69) is 9.97 Å². The van der Waals surface area contributed by atoms with Crippen molar-refractivity contribution >= 4 is 11.8 Å². The van der Waals surface area contributed by atoms with Gasteiger partial charge in [0.25, 0.3) is 0 Å². The molecule has 0 unspecified atom stereocenters. The van der Waals surface area contributed by atoms with Crippen molar-refractivity contribution in [3.8, 4) is 11.8 Å². The first kappa shape index (κ1) is 7.67. The summed E-state index contributed by atoms with van der Waals surface area (Å²) in [4.78, 5) is 7.99. The van der Waals surface area contributed by atoms with Gasteiger partial charge in [-0.2, -0.15) is 9.97 Å². The van der Waals surface area contributed by atoms with Gasteiger partial charge in [0, 0.05) is 6.42 Å². The van der Waals surface area contributed by atoms with Gasteiger partial charge < -0.3 is 9.84 Å². The molecule has 1 aromatic heterocycles. The first-order valence-electron chi connectivity index (χ1n) is 3.58. The van der Waals surface area contributed by atoms with Crippen LogP contribution in [0.2, 0.25) is 0 Å². The highest BCUT2D eigenvalue weighted by Gasteiger charge is 2.19. The predicted octanol–water partition coefficient (Wildman–Crippen LogP) is 0.839. The maximum Gasteiger partial charge on any atom is 0.224 e. The lowest BCUT2D eigenvalue weighted by Gasteiger charge is -2.01. The average molecular weight is 184 g/mol. The molecular formula is C7H8N2O2S. The summed E-state index contributed by atoms with van der Waals surface area (Å²) in [5, 5.41) is 9.95. The topological polar surface area (TPSA) is 55.2 Å². The molecule has 2 heterocycles. The van der Waals surface area contributed by atoms with Gasteiger partial charge in [-0.3, -0.25) is 0 Å². The van der Waals surface area contributed by atoms with E-state index in [0.717, 1.165) is 5.56 Å². The third-order valence-corrected chi connectivity index (χ3v) is 2.25. The molecule has 0 radical (unpaired) electrons. The summed E-state index contributed by atoms with van der Waals surface area (Å²) in [5.41, 5.74) is 0.729. The summed E-state index contributed by atoms with van der Waals surface area (Å²) in [7, 11) is 0. The van der Waals surface area contributed by atoms with Gasteiger partial charge >= 0.3 is 0 Å². The van der Waals surface area contributed by atoms with Crippen molar-refractivity contribution < 1.29 is 9.84 Å². The number of nitrogens with zero attached hydrogens (tertiary/aromatic N) is 2. The number of rotatable bonds is 1.